The van der Waals surface area contributed by atoms with Gasteiger partial charge in [-0.3, -0.25) is 0 Å². The summed E-state index contributed by atoms with van der Waals surface area (Å²) in [5.41, 5.74) is 1.58. The summed E-state index contributed by atoms with van der Waals surface area (Å²) >= 11 is 0. The number of aliphatic hydroxyl groups is 1. The van der Waals surface area contributed by atoms with Crippen LogP contribution < -0.4 is 9.47 Å². The van der Waals surface area contributed by atoms with Crippen molar-refractivity contribution in [1.29, 1.82) is 0 Å². The van der Waals surface area contributed by atoms with E-state index >= 15 is 0 Å². The molecule has 0 aromatic heterocycles. The Morgan fingerprint density at radius 3 is 2.52 bits per heavy atom. The van der Waals surface area contributed by atoms with Crippen molar-refractivity contribution >= 4 is 10.0 Å². The van der Waals surface area contributed by atoms with Gasteiger partial charge < -0.3 is 14.6 Å². The molecule has 2 aromatic rings. The lowest BCUT2D eigenvalue weighted by Gasteiger charge is -2.43. The quantitative estimate of drug-likeness (QED) is 0.831. The van der Waals surface area contributed by atoms with Crippen molar-refractivity contribution in [3.63, 3.8) is 0 Å². The van der Waals surface area contributed by atoms with Gasteiger partial charge in [-0.25, -0.2) is 8.42 Å². The van der Waals surface area contributed by atoms with Gasteiger partial charge in [-0.2, -0.15) is 4.31 Å². The van der Waals surface area contributed by atoms with Crippen LogP contribution in [-0.4, -0.2) is 36.7 Å². The van der Waals surface area contributed by atoms with Crippen molar-refractivity contribution in [3.8, 4) is 11.5 Å². The Morgan fingerprint density at radius 1 is 1.07 bits per heavy atom. The zero-order chi connectivity index (χ0) is 20.2. The first-order valence-electron chi connectivity index (χ1n) is 10.0. The molecule has 7 heteroatoms. The Bertz CT molecular complexity index is 1040. The van der Waals surface area contributed by atoms with E-state index in [4.69, 9.17) is 9.47 Å². The lowest BCUT2D eigenvalue weighted by Crippen LogP contribution is -2.52. The van der Waals surface area contributed by atoms with Gasteiger partial charge in [0, 0.05) is 12.1 Å². The van der Waals surface area contributed by atoms with Crippen LogP contribution in [0.5, 0.6) is 11.5 Å². The van der Waals surface area contributed by atoms with E-state index in [-0.39, 0.29) is 24.6 Å². The van der Waals surface area contributed by atoms with E-state index in [1.807, 2.05) is 49.4 Å². The topological polar surface area (TPSA) is 76.1 Å². The van der Waals surface area contributed by atoms with Crippen molar-refractivity contribution in [2.24, 2.45) is 0 Å². The highest BCUT2D eigenvalue weighted by atomic mass is 32.2. The molecular formula is C22H25NO5S. The number of hydrogen-bond acceptors (Lipinski definition) is 5. The molecule has 0 radical (unpaired) electrons. The van der Waals surface area contributed by atoms with E-state index in [2.05, 4.69) is 0 Å². The monoisotopic (exact) mass is 415 g/mol. The van der Waals surface area contributed by atoms with Crippen LogP contribution in [0.2, 0.25) is 0 Å². The van der Waals surface area contributed by atoms with Crippen molar-refractivity contribution < 1.29 is 23.0 Å². The molecule has 6 nitrogen and oxygen atoms in total. The minimum Gasteiger partial charge on any atom is -0.454 e. The van der Waals surface area contributed by atoms with Gasteiger partial charge in [-0.05, 0) is 55.9 Å². The van der Waals surface area contributed by atoms with E-state index in [1.54, 1.807) is 4.31 Å². The second-order valence-electron chi connectivity index (χ2n) is 8.47. The van der Waals surface area contributed by atoms with E-state index in [9.17, 15) is 13.5 Å². The van der Waals surface area contributed by atoms with Crippen LogP contribution in [0.1, 0.15) is 42.4 Å². The molecule has 3 aliphatic rings. The maximum absolute atomic E-state index is 13.2. The summed E-state index contributed by atoms with van der Waals surface area (Å²) in [5.74, 6) is 1.32. The highest BCUT2D eigenvalue weighted by Crippen LogP contribution is 2.48. The van der Waals surface area contributed by atoms with Crippen molar-refractivity contribution in [2.45, 2.75) is 56.0 Å². The van der Waals surface area contributed by atoms with Gasteiger partial charge in [0.1, 0.15) is 0 Å². The summed E-state index contributed by atoms with van der Waals surface area (Å²) in [6.45, 7) is 2.15. The van der Waals surface area contributed by atoms with Crippen LogP contribution in [0.3, 0.4) is 0 Å². The molecule has 2 saturated heterocycles. The summed E-state index contributed by atoms with van der Waals surface area (Å²) in [4.78, 5) is 0. The van der Waals surface area contributed by atoms with Gasteiger partial charge in [-0.1, -0.05) is 35.9 Å². The molecule has 2 atom stereocenters. The summed E-state index contributed by atoms with van der Waals surface area (Å²) < 4.78 is 39.0. The number of sulfonamides is 1. The fraction of sp³-hybridized carbons (Fsp3) is 0.455. The minimum absolute atomic E-state index is 0.00410. The molecular weight excluding hydrogens is 390 g/mol. The number of ether oxygens (including phenoxy) is 2. The van der Waals surface area contributed by atoms with Crippen LogP contribution in [-0.2, 0) is 21.4 Å². The number of piperidine rings is 1. The number of aryl methyl sites for hydroxylation is 1. The highest BCUT2D eigenvalue weighted by Gasteiger charge is 2.52. The molecule has 0 aliphatic carbocycles. The molecule has 154 valence electrons. The van der Waals surface area contributed by atoms with E-state index in [0.29, 0.717) is 24.3 Å². The lowest BCUT2D eigenvalue weighted by molar-refractivity contribution is -0.0341. The molecule has 0 spiro atoms. The van der Waals surface area contributed by atoms with Crippen LogP contribution in [0.15, 0.2) is 42.5 Å². The average Bonchev–Trinajstić information content (AvgIpc) is 3.24. The summed E-state index contributed by atoms with van der Waals surface area (Å²) in [5, 5.41) is 11.4. The van der Waals surface area contributed by atoms with Crippen LogP contribution in [0.25, 0.3) is 0 Å². The Morgan fingerprint density at radius 2 is 1.79 bits per heavy atom. The third-order valence-electron chi connectivity index (χ3n) is 6.36. The molecule has 2 bridgehead atoms. The van der Waals surface area contributed by atoms with E-state index in [0.717, 1.165) is 29.5 Å². The van der Waals surface area contributed by atoms with Crippen LogP contribution >= 0.6 is 0 Å². The zero-order valence-corrected chi connectivity index (χ0v) is 17.2. The molecule has 1 N–H and O–H groups in total. The Hall–Kier alpha value is -2.09. The molecule has 3 aliphatic heterocycles. The fourth-order valence-electron chi connectivity index (χ4n) is 5.15. The Balaban J connectivity index is 1.40. The third-order valence-corrected chi connectivity index (χ3v) is 8.30. The normalized spacial score (nSPS) is 28.6. The number of hydrogen-bond donors (Lipinski definition) is 1. The molecule has 0 amide bonds. The first-order chi connectivity index (χ1) is 13.8. The predicted molar refractivity (Wildman–Crippen MR) is 108 cm³/mol. The lowest BCUT2D eigenvalue weighted by atomic mass is 9.81. The highest BCUT2D eigenvalue weighted by molar-refractivity contribution is 7.88. The molecule has 3 heterocycles. The number of nitrogens with zero attached hydrogens (tertiary/aromatic N) is 1. The number of fused-ring (bicyclic) bond motifs is 3. The second-order valence-corrected chi connectivity index (χ2v) is 10.3. The minimum atomic E-state index is -3.45. The Labute approximate surface area is 171 Å². The zero-order valence-electron chi connectivity index (χ0n) is 16.4. The third kappa shape index (κ3) is 3.31. The molecule has 29 heavy (non-hydrogen) atoms. The van der Waals surface area contributed by atoms with E-state index in [1.165, 1.54) is 0 Å². The van der Waals surface area contributed by atoms with Crippen molar-refractivity contribution in [3.05, 3.63) is 59.2 Å². The van der Waals surface area contributed by atoms with Gasteiger partial charge in [0.2, 0.25) is 16.8 Å². The van der Waals surface area contributed by atoms with Gasteiger partial charge >= 0.3 is 0 Å². The molecule has 0 unspecified atom stereocenters. The summed E-state index contributed by atoms with van der Waals surface area (Å²) in [6.07, 6.45) is 2.36. The summed E-state index contributed by atoms with van der Waals surface area (Å²) in [6, 6.07) is 12.8. The smallest absolute Gasteiger partial charge is 0.231 e. The number of rotatable bonds is 4. The maximum atomic E-state index is 13.2. The van der Waals surface area contributed by atoms with E-state index < -0.39 is 15.6 Å². The number of benzene rings is 2. The second kappa shape index (κ2) is 6.72. The van der Waals surface area contributed by atoms with Gasteiger partial charge in [-0.15, -0.1) is 0 Å². The SMILES string of the molecule is Cc1cccc(CS(=O)(=O)N2[C@@H]3CC[C@@H]2CC(O)(c2ccc4c(c2)OCO4)C3)c1. The first kappa shape index (κ1) is 18.9. The van der Waals surface area contributed by atoms with Crippen LogP contribution in [0.4, 0.5) is 0 Å². The molecule has 2 fully saturated rings. The first-order valence-corrected chi connectivity index (χ1v) is 11.6. The maximum Gasteiger partial charge on any atom is 0.231 e. The fourth-order valence-corrected chi connectivity index (χ4v) is 7.17. The Kier molecular flexibility index (Phi) is 4.38. The molecule has 5 rings (SSSR count). The van der Waals surface area contributed by atoms with Crippen LogP contribution in [0, 0.1) is 6.92 Å². The molecule has 0 saturated carbocycles. The average molecular weight is 416 g/mol. The summed E-state index contributed by atoms with van der Waals surface area (Å²) in [7, 11) is -3.45. The molecule has 2 aromatic carbocycles. The van der Waals surface area contributed by atoms with Crippen molar-refractivity contribution in [1.82, 2.24) is 4.31 Å². The van der Waals surface area contributed by atoms with Gasteiger partial charge in [0.15, 0.2) is 11.5 Å². The van der Waals surface area contributed by atoms with Crippen molar-refractivity contribution in [2.75, 3.05) is 6.79 Å². The van der Waals surface area contributed by atoms with Gasteiger partial charge in [0.05, 0.1) is 11.4 Å². The van der Waals surface area contributed by atoms with Gasteiger partial charge in [0.25, 0.3) is 0 Å². The largest absolute Gasteiger partial charge is 0.454 e. The predicted octanol–water partition coefficient (Wildman–Crippen LogP) is 3.07. The standard InChI is InChI=1S/C22H25NO5S/c1-15-3-2-4-16(9-15)13-29(25,26)23-18-6-7-19(23)12-22(24,11-18)17-5-8-20-21(10-17)28-14-27-20/h2-5,8-10,18-19,24H,6-7,11-14H2,1H3/t18-,19-/m1/s1.